The highest BCUT2D eigenvalue weighted by Gasteiger charge is 2.15. The van der Waals surface area contributed by atoms with Crippen LogP contribution in [0.2, 0.25) is 0 Å². The molecule has 0 rings (SSSR count). The highest BCUT2D eigenvalue weighted by molar-refractivity contribution is 8.13. The van der Waals surface area contributed by atoms with Crippen molar-refractivity contribution in [2.75, 3.05) is 12.8 Å². The van der Waals surface area contributed by atoms with Gasteiger partial charge in [0.1, 0.15) is 10.7 Å². The Morgan fingerprint density at radius 3 is 2.50 bits per heavy atom. The lowest BCUT2D eigenvalue weighted by Gasteiger charge is -2.23. The highest BCUT2D eigenvalue weighted by Crippen LogP contribution is 2.16. The second-order valence-corrected chi connectivity index (χ2v) is 4.92. The van der Waals surface area contributed by atoms with E-state index in [1.54, 1.807) is 17.4 Å². The largest absolute Gasteiger partial charge is 0.394 e. The van der Waals surface area contributed by atoms with Gasteiger partial charge in [-0.05, 0) is 18.4 Å². The zero-order chi connectivity index (χ0) is 14.3. The summed E-state index contributed by atoms with van der Waals surface area (Å²) in [6.07, 6.45) is 3.28. The van der Waals surface area contributed by atoms with E-state index in [4.69, 9.17) is 11.1 Å². The summed E-state index contributed by atoms with van der Waals surface area (Å²) in [7, 11) is 0. The first-order valence-electron chi connectivity index (χ1n) is 5.56. The van der Waals surface area contributed by atoms with Crippen molar-refractivity contribution >= 4 is 22.8 Å². The molecule has 0 aromatic rings. The maximum absolute atomic E-state index is 13.0. The van der Waals surface area contributed by atoms with E-state index >= 15 is 0 Å². The molecule has 6 heteroatoms. The third kappa shape index (κ3) is 5.35. The first-order valence-corrected chi connectivity index (χ1v) is 6.78. The molecule has 18 heavy (non-hydrogen) atoms. The van der Waals surface area contributed by atoms with Crippen LogP contribution >= 0.6 is 11.8 Å². The van der Waals surface area contributed by atoms with Gasteiger partial charge in [0.25, 0.3) is 0 Å². The molecule has 0 saturated carbocycles. The van der Waals surface area contributed by atoms with Gasteiger partial charge in [0.05, 0.1) is 0 Å². The van der Waals surface area contributed by atoms with E-state index in [0.717, 1.165) is 0 Å². The highest BCUT2D eigenvalue weighted by atomic mass is 32.2. The number of rotatable bonds is 6. The minimum absolute atomic E-state index is 0.153. The van der Waals surface area contributed by atoms with Crippen LogP contribution in [0, 0.1) is 11.3 Å². The molecule has 0 aromatic carbocycles. The lowest BCUT2D eigenvalue weighted by molar-refractivity contribution is 0.391. The molecule has 0 spiro atoms. The summed E-state index contributed by atoms with van der Waals surface area (Å²) in [4.78, 5) is 5.44. The Bertz CT molecular complexity index is 370. The number of thioether (sulfide) groups is 1. The Morgan fingerprint density at radius 2 is 2.17 bits per heavy atom. The average Bonchev–Trinajstić information content (AvgIpc) is 2.30. The van der Waals surface area contributed by atoms with Crippen molar-refractivity contribution < 1.29 is 4.39 Å². The van der Waals surface area contributed by atoms with Crippen molar-refractivity contribution in [1.82, 2.24) is 4.90 Å². The van der Waals surface area contributed by atoms with Gasteiger partial charge in [-0.3, -0.25) is 5.41 Å². The molecular formula is C12H21FN4S. The monoisotopic (exact) mass is 272 g/mol. The molecule has 102 valence electrons. The summed E-state index contributed by atoms with van der Waals surface area (Å²) < 4.78 is 13.0. The van der Waals surface area contributed by atoms with E-state index in [0.29, 0.717) is 12.5 Å². The van der Waals surface area contributed by atoms with Crippen molar-refractivity contribution in [2.24, 2.45) is 16.6 Å². The summed E-state index contributed by atoms with van der Waals surface area (Å²) >= 11 is 1.18. The summed E-state index contributed by atoms with van der Waals surface area (Å²) in [5.41, 5.74) is 6.00. The Hall–Kier alpha value is -1.30. The molecule has 4 nitrogen and oxygen atoms in total. The fourth-order valence-corrected chi connectivity index (χ4v) is 1.59. The molecule has 0 amide bonds. The SMILES string of the molecule is C=CN(CC(C)C)/C(N=C(C)F)=C(\N)C(=N)SC. The quantitative estimate of drug-likeness (QED) is 0.577. The Balaban J connectivity index is 5.53. The van der Waals surface area contributed by atoms with Crippen LogP contribution in [0.25, 0.3) is 0 Å². The van der Waals surface area contributed by atoms with Crippen LogP contribution in [-0.4, -0.2) is 28.7 Å². The molecule has 0 aliphatic carbocycles. The van der Waals surface area contributed by atoms with Crippen LogP contribution in [0.15, 0.2) is 29.3 Å². The van der Waals surface area contributed by atoms with E-state index in [1.807, 2.05) is 13.8 Å². The van der Waals surface area contributed by atoms with Gasteiger partial charge in [-0.2, -0.15) is 4.39 Å². The van der Waals surface area contributed by atoms with E-state index in [1.165, 1.54) is 18.7 Å². The second-order valence-electron chi connectivity index (χ2n) is 4.11. The standard InChI is InChI=1S/C12H21FN4S/c1-6-17(7-8(2)3)12(16-9(4)13)10(14)11(15)18-5/h6,8,15H,1,7,14H2,2-5H3/b12-10-,15-11?,16-9?. The van der Waals surface area contributed by atoms with E-state index in [9.17, 15) is 4.39 Å². The van der Waals surface area contributed by atoms with Crippen LogP contribution in [-0.2, 0) is 0 Å². The second kappa shape index (κ2) is 7.92. The molecule has 0 radical (unpaired) electrons. The van der Waals surface area contributed by atoms with Crippen LogP contribution in [0.5, 0.6) is 0 Å². The Kier molecular flexibility index (Phi) is 7.35. The molecule has 0 aliphatic rings. The summed E-state index contributed by atoms with van der Waals surface area (Å²) in [6.45, 7) is 9.58. The number of halogens is 1. The van der Waals surface area contributed by atoms with Crippen molar-refractivity contribution in [2.45, 2.75) is 20.8 Å². The zero-order valence-corrected chi connectivity index (χ0v) is 12.1. The van der Waals surface area contributed by atoms with Crippen molar-refractivity contribution in [1.29, 1.82) is 5.41 Å². The topological polar surface area (TPSA) is 65.5 Å². The lowest BCUT2D eigenvalue weighted by atomic mass is 10.2. The predicted octanol–water partition coefficient (Wildman–Crippen LogP) is 2.94. The molecule has 3 N–H and O–H groups in total. The van der Waals surface area contributed by atoms with E-state index in [-0.39, 0.29) is 16.6 Å². The van der Waals surface area contributed by atoms with Gasteiger partial charge < -0.3 is 10.6 Å². The summed E-state index contributed by atoms with van der Waals surface area (Å²) in [5.74, 6) is -0.0279. The molecule has 0 aromatic heterocycles. The van der Waals surface area contributed by atoms with Crippen LogP contribution in [0.3, 0.4) is 0 Å². The summed E-state index contributed by atoms with van der Waals surface area (Å²) in [5, 5.41) is 7.85. The average molecular weight is 272 g/mol. The van der Waals surface area contributed by atoms with E-state index in [2.05, 4.69) is 11.6 Å². The predicted molar refractivity (Wildman–Crippen MR) is 78.4 cm³/mol. The van der Waals surface area contributed by atoms with Gasteiger partial charge >= 0.3 is 0 Å². The first-order chi connectivity index (χ1) is 8.33. The maximum Gasteiger partial charge on any atom is 0.187 e. The first kappa shape index (κ1) is 16.7. The van der Waals surface area contributed by atoms with Crippen LogP contribution in [0.1, 0.15) is 20.8 Å². The molecule has 0 aliphatic heterocycles. The molecule has 0 unspecified atom stereocenters. The number of aliphatic imine (C=N–C) groups is 1. The van der Waals surface area contributed by atoms with Gasteiger partial charge in [-0.15, -0.1) is 11.8 Å². The van der Waals surface area contributed by atoms with Crippen molar-refractivity contribution in [3.05, 3.63) is 24.3 Å². The third-order valence-electron chi connectivity index (χ3n) is 2.00. The Morgan fingerprint density at radius 1 is 1.61 bits per heavy atom. The van der Waals surface area contributed by atoms with Gasteiger partial charge in [0.15, 0.2) is 11.8 Å². The van der Waals surface area contributed by atoms with Crippen molar-refractivity contribution in [3.8, 4) is 0 Å². The summed E-state index contributed by atoms with van der Waals surface area (Å²) in [6, 6.07) is 0. The number of hydrogen-bond acceptors (Lipinski definition) is 5. The van der Waals surface area contributed by atoms with Crippen molar-refractivity contribution in [3.63, 3.8) is 0 Å². The van der Waals surface area contributed by atoms with Crippen LogP contribution in [0.4, 0.5) is 4.39 Å². The van der Waals surface area contributed by atoms with Crippen LogP contribution < -0.4 is 5.73 Å². The van der Waals surface area contributed by atoms with E-state index < -0.39 is 5.97 Å². The number of nitrogens with one attached hydrogen (secondary N) is 1. The normalized spacial score (nSPS) is 13.3. The van der Waals surface area contributed by atoms with Gasteiger partial charge in [-0.25, -0.2) is 4.99 Å². The van der Waals surface area contributed by atoms with Gasteiger partial charge in [-0.1, -0.05) is 20.4 Å². The fraction of sp³-hybridized carbons (Fsp3) is 0.500. The zero-order valence-electron chi connectivity index (χ0n) is 11.3. The minimum atomic E-state index is -0.600. The lowest BCUT2D eigenvalue weighted by Crippen LogP contribution is -2.26. The molecule has 0 atom stereocenters. The fourth-order valence-electron chi connectivity index (χ4n) is 1.28. The van der Waals surface area contributed by atoms with Gasteiger partial charge in [0, 0.05) is 13.5 Å². The number of nitrogens with zero attached hydrogens (tertiary/aromatic N) is 2. The molecule has 0 saturated heterocycles. The molecule has 0 bridgehead atoms. The molecule has 0 heterocycles. The molecular weight excluding hydrogens is 251 g/mol. The molecule has 0 fully saturated rings. The third-order valence-corrected chi connectivity index (χ3v) is 2.63. The number of nitrogens with two attached hydrogens (primary N) is 1. The maximum atomic E-state index is 13.0. The number of hydrogen-bond donors (Lipinski definition) is 2. The van der Waals surface area contributed by atoms with Gasteiger partial charge in [0.2, 0.25) is 0 Å². The minimum Gasteiger partial charge on any atom is -0.394 e. The smallest absolute Gasteiger partial charge is 0.187 e. The Labute approximate surface area is 112 Å².